The van der Waals surface area contributed by atoms with E-state index in [-0.39, 0.29) is 18.1 Å². The van der Waals surface area contributed by atoms with Crippen molar-refractivity contribution in [3.05, 3.63) is 28.2 Å². The van der Waals surface area contributed by atoms with Gasteiger partial charge in [-0.3, -0.25) is 9.69 Å². The Morgan fingerprint density at radius 3 is 2.96 bits per heavy atom. The summed E-state index contributed by atoms with van der Waals surface area (Å²) in [6.45, 7) is 2.13. The Balaban J connectivity index is 1.85. The zero-order valence-electron chi connectivity index (χ0n) is 13.2. The Hall–Kier alpha value is -0.850. The van der Waals surface area contributed by atoms with Crippen LogP contribution < -0.4 is 11.1 Å². The second-order valence-electron chi connectivity index (χ2n) is 5.73. The lowest BCUT2D eigenvalue weighted by atomic mass is 9.99. The van der Waals surface area contributed by atoms with Crippen LogP contribution in [0.4, 0.5) is 5.69 Å². The Bertz CT molecular complexity index is 542. The van der Waals surface area contributed by atoms with E-state index in [4.69, 9.17) is 33.7 Å². The molecule has 128 valence electrons. The summed E-state index contributed by atoms with van der Waals surface area (Å²) in [5.74, 6) is -0.0844. The third kappa shape index (κ3) is 5.33. The number of amides is 1. The van der Waals surface area contributed by atoms with E-state index in [1.165, 1.54) is 0 Å². The van der Waals surface area contributed by atoms with Crippen LogP contribution in [0.15, 0.2) is 18.2 Å². The molecule has 1 fully saturated rings. The van der Waals surface area contributed by atoms with Gasteiger partial charge in [0.05, 0.1) is 16.8 Å². The molecule has 5 nitrogen and oxygen atoms in total. The number of nitrogens with two attached hydrogens (primary N) is 1. The van der Waals surface area contributed by atoms with Crippen LogP contribution in [0, 0.1) is 0 Å². The molecule has 3 N–H and O–H groups in total. The van der Waals surface area contributed by atoms with Gasteiger partial charge in [0.25, 0.3) is 0 Å². The number of hydrogen-bond acceptors (Lipinski definition) is 4. The number of anilines is 1. The highest BCUT2D eigenvalue weighted by molar-refractivity contribution is 6.35. The van der Waals surface area contributed by atoms with Crippen LogP contribution in [0.2, 0.25) is 10.0 Å². The first-order valence-electron chi connectivity index (χ1n) is 7.75. The number of hydrogen-bond donors (Lipinski definition) is 2. The van der Waals surface area contributed by atoms with Crippen molar-refractivity contribution in [1.82, 2.24) is 4.90 Å². The summed E-state index contributed by atoms with van der Waals surface area (Å²) in [6.07, 6.45) is 2.53. The number of nitrogens with one attached hydrogen (secondary N) is 1. The summed E-state index contributed by atoms with van der Waals surface area (Å²) in [7, 11) is 1.73. The number of methoxy groups -OCH3 is 1. The van der Waals surface area contributed by atoms with Gasteiger partial charge in [-0.2, -0.15) is 0 Å². The maximum absolute atomic E-state index is 12.1. The van der Waals surface area contributed by atoms with Crippen LogP contribution in [0.1, 0.15) is 19.3 Å². The zero-order valence-corrected chi connectivity index (χ0v) is 14.7. The molecule has 0 aliphatic carbocycles. The molecule has 2 rings (SSSR count). The van der Waals surface area contributed by atoms with Crippen molar-refractivity contribution in [2.45, 2.75) is 31.4 Å². The summed E-state index contributed by atoms with van der Waals surface area (Å²) in [4.78, 5) is 14.4. The predicted octanol–water partition coefficient (Wildman–Crippen LogP) is 2.76. The van der Waals surface area contributed by atoms with E-state index in [9.17, 15) is 4.79 Å². The minimum Gasteiger partial charge on any atom is -0.381 e. The van der Waals surface area contributed by atoms with Crippen molar-refractivity contribution in [2.24, 2.45) is 5.73 Å². The van der Waals surface area contributed by atoms with Gasteiger partial charge in [0.15, 0.2) is 0 Å². The predicted molar refractivity (Wildman–Crippen MR) is 94.2 cm³/mol. The Morgan fingerprint density at radius 2 is 2.26 bits per heavy atom. The highest BCUT2D eigenvalue weighted by Crippen LogP contribution is 2.25. The van der Waals surface area contributed by atoms with Gasteiger partial charge in [-0.25, -0.2) is 0 Å². The average Bonchev–Trinajstić information content (AvgIpc) is 2.56. The molecule has 0 saturated carbocycles. The van der Waals surface area contributed by atoms with E-state index >= 15 is 0 Å². The lowest BCUT2D eigenvalue weighted by molar-refractivity contribution is -0.116. The molecule has 7 heteroatoms. The van der Waals surface area contributed by atoms with Crippen molar-refractivity contribution < 1.29 is 9.53 Å². The minimum atomic E-state index is -0.0844. The number of carbonyl (C=O) groups excluding carboxylic acids is 1. The summed E-state index contributed by atoms with van der Waals surface area (Å²) in [5, 5.41) is 3.82. The van der Waals surface area contributed by atoms with E-state index in [1.807, 2.05) is 0 Å². The molecule has 0 spiro atoms. The molecule has 2 atom stereocenters. The number of carbonyl (C=O) groups is 1. The molecule has 0 aromatic heterocycles. The van der Waals surface area contributed by atoms with Gasteiger partial charge in [-0.1, -0.05) is 23.2 Å². The maximum atomic E-state index is 12.1. The SMILES string of the molecule is COC1CCN(CCC(=O)Nc2cc(Cl)ccc2Cl)C(CN)C1. The molecule has 1 heterocycles. The monoisotopic (exact) mass is 359 g/mol. The Labute approximate surface area is 147 Å². The van der Waals surface area contributed by atoms with Gasteiger partial charge in [0.1, 0.15) is 0 Å². The molecule has 2 unspecified atom stereocenters. The summed E-state index contributed by atoms with van der Waals surface area (Å²) in [6, 6.07) is 5.26. The second kappa shape index (κ2) is 8.85. The van der Waals surface area contributed by atoms with E-state index in [1.54, 1.807) is 25.3 Å². The lowest BCUT2D eigenvalue weighted by Gasteiger charge is -2.38. The first-order chi connectivity index (χ1) is 11.0. The number of halogens is 2. The van der Waals surface area contributed by atoms with Crippen LogP contribution in [-0.2, 0) is 9.53 Å². The molecule has 1 amide bonds. The van der Waals surface area contributed by atoms with Gasteiger partial charge in [0, 0.05) is 44.2 Å². The fourth-order valence-electron chi connectivity index (χ4n) is 2.87. The van der Waals surface area contributed by atoms with Gasteiger partial charge >= 0.3 is 0 Å². The standard InChI is InChI=1S/C16H23Cl2N3O2/c1-23-13-4-6-21(12(9-13)10-19)7-5-16(22)20-15-8-11(17)2-3-14(15)18/h2-3,8,12-13H,4-7,9-10,19H2,1H3,(H,20,22). The second-order valence-corrected chi connectivity index (χ2v) is 6.57. The molecule has 0 radical (unpaired) electrons. The number of ether oxygens (including phenoxy) is 1. The van der Waals surface area contributed by atoms with Crippen molar-refractivity contribution in [3.63, 3.8) is 0 Å². The van der Waals surface area contributed by atoms with Gasteiger partial charge in [-0.15, -0.1) is 0 Å². The molecule has 0 bridgehead atoms. The summed E-state index contributed by atoms with van der Waals surface area (Å²) in [5.41, 5.74) is 6.39. The van der Waals surface area contributed by atoms with Gasteiger partial charge < -0.3 is 15.8 Å². The topological polar surface area (TPSA) is 67.6 Å². The number of piperidine rings is 1. The number of rotatable bonds is 6. The van der Waals surface area contributed by atoms with Crippen LogP contribution in [0.5, 0.6) is 0 Å². The molecule has 1 aromatic rings. The van der Waals surface area contributed by atoms with Gasteiger partial charge in [0.2, 0.25) is 5.91 Å². The fraction of sp³-hybridized carbons (Fsp3) is 0.562. The average molecular weight is 360 g/mol. The number of likely N-dealkylation sites (tertiary alicyclic amines) is 1. The van der Waals surface area contributed by atoms with E-state index < -0.39 is 0 Å². The number of nitrogens with zero attached hydrogens (tertiary/aromatic N) is 1. The number of benzene rings is 1. The van der Waals surface area contributed by atoms with E-state index in [0.717, 1.165) is 19.4 Å². The van der Waals surface area contributed by atoms with Crippen molar-refractivity contribution >= 4 is 34.8 Å². The maximum Gasteiger partial charge on any atom is 0.225 e. The smallest absolute Gasteiger partial charge is 0.225 e. The molecular formula is C16H23Cl2N3O2. The van der Waals surface area contributed by atoms with Crippen LogP contribution in [0.25, 0.3) is 0 Å². The van der Waals surface area contributed by atoms with Crippen LogP contribution in [0.3, 0.4) is 0 Å². The Kier molecular flexibility index (Phi) is 7.11. The zero-order chi connectivity index (χ0) is 16.8. The highest BCUT2D eigenvalue weighted by Gasteiger charge is 2.27. The molecule has 1 aliphatic heterocycles. The third-order valence-corrected chi connectivity index (χ3v) is 4.79. The highest BCUT2D eigenvalue weighted by atomic mass is 35.5. The minimum absolute atomic E-state index is 0.0844. The van der Waals surface area contributed by atoms with E-state index in [0.29, 0.717) is 35.2 Å². The molecular weight excluding hydrogens is 337 g/mol. The van der Waals surface area contributed by atoms with E-state index in [2.05, 4.69) is 10.2 Å². The Morgan fingerprint density at radius 1 is 1.48 bits per heavy atom. The van der Waals surface area contributed by atoms with Gasteiger partial charge in [-0.05, 0) is 31.0 Å². The fourth-order valence-corrected chi connectivity index (χ4v) is 3.20. The van der Waals surface area contributed by atoms with Crippen LogP contribution in [-0.4, -0.2) is 49.7 Å². The molecule has 23 heavy (non-hydrogen) atoms. The summed E-state index contributed by atoms with van der Waals surface area (Å²) < 4.78 is 5.41. The van der Waals surface area contributed by atoms with Crippen LogP contribution >= 0.6 is 23.2 Å². The van der Waals surface area contributed by atoms with Crippen molar-refractivity contribution in [3.8, 4) is 0 Å². The van der Waals surface area contributed by atoms with Crippen molar-refractivity contribution in [1.29, 1.82) is 0 Å². The first-order valence-corrected chi connectivity index (χ1v) is 8.51. The molecule has 1 aromatic carbocycles. The quantitative estimate of drug-likeness (QED) is 0.819. The summed E-state index contributed by atoms with van der Waals surface area (Å²) >= 11 is 12.0. The molecule has 1 saturated heterocycles. The largest absolute Gasteiger partial charge is 0.381 e. The third-order valence-electron chi connectivity index (χ3n) is 4.22. The normalized spacial score (nSPS) is 22.1. The van der Waals surface area contributed by atoms with Crippen molar-refractivity contribution in [2.75, 3.05) is 32.1 Å². The first kappa shape index (κ1) is 18.5. The molecule has 1 aliphatic rings. The lowest BCUT2D eigenvalue weighted by Crippen LogP contribution is -2.49.